The van der Waals surface area contributed by atoms with E-state index in [1.165, 1.54) is 0 Å². The normalized spacial score (nSPS) is 10.3. The van der Waals surface area contributed by atoms with E-state index in [-0.39, 0.29) is 6.42 Å². The Labute approximate surface area is 126 Å². The van der Waals surface area contributed by atoms with Gasteiger partial charge in [0.05, 0.1) is 11.4 Å². The lowest BCUT2D eigenvalue weighted by Gasteiger charge is -2.09. The molecule has 0 unspecified atom stereocenters. The molecule has 0 fully saturated rings. The molecule has 2 aromatic carbocycles. The Kier molecular flexibility index (Phi) is 4.88. The van der Waals surface area contributed by atoms with Crippen molar-refractivity contribution >= 4 is 29.2 Å². The largest absolute Gasteiger partial charge is 0.487 e. The first-order chi connectivity index (χ1) is 9.54. The van der Waals surface area contributed by atoms with Gasteiger partial charge in [-0.05, 0) is 23.3 Å². The van der Waals surface area contributed by atoms with Crippen molar-refractivity contribution in [3.05, 3.63) is 63.6 Å². The van der Waals surface area contributed by atoms with Crippen LogP contribution >= 0.6 is 23.2 Å². The lowest BCUT2D eigenvalue weighted by atomic mass is 10.1. The zero-order chi connectivity index (χ0) is 14.5. The molecule has 0 heterocycles. The Bertz CT molecular complexity index is 609. The first kappa shape index (κ1) is 14.7. The summed E-state index contributed by atoms with van der Waals surface area (Å²) in [6, 6.07) is 12.2. The lowest BCUT2D eigenvalue weighted by Crippen LogP contribution is -2.01. The number of carboxylic acid groups (broad SMARTS) is 1. The predicted molar refractivity (Wildman–Crippen MR) is 78.6 cm³/mol. The first-order valence-electron chi connectivity index (χ1n) is 5.92. The average molecular weight is 311 g/mol. The molecule has 0 aliphatic heterocycles. The lowest BCUT2D eigenvalue weighted by molar-refractivity contribution is -0.136. The van der Waals surface area contributed by atoms with Crippen LogP contribution < -0.4 is 4.74 Å². The molecule has 104 valence electrons. The Morgan fingerprint density at radius 1 is 1.05 bits per heavy atom. The summed E-state index contributed by atoms with van der Waals surface area (Å²) in [6.07, 6.45) is 0.0151. The van der Waals surface area contributed by atoms with Crippen molar-refractivity contribution in [2.24, 2.45) is 0 Å². The molecule has 0 bridgehead atoms. The summed E-state index contributed by atoms with van der Waals surface area (Å²) in [5.74, 6) is -0.325. The standard InChI is InChI=1S/C15H12Cl2O3/c16-12-5-6-13(17)14(8-12)20-9-11-3-1-10(2-4-11)7-15(18)19/h1-6,8H,7,9H2,(H,18,19). The van der Waals surface area contributed by atoms with Gasteiger partial charge in [0.1, 0.15) is 12.4 Å². The summed E-state index contributed by atoms with van der Waals surface area (Å²) in [4.78, 5) is 10.6. The van der Waals surface area contributed by atoms with Crippen molar-refractivity contribution in [2.45, 2.75) is 13.0 Å². The second-order valence-electron chi connectivity index (χ2n) is 4.25. The molecule has 0 spiro atoms. The minimum absolute atomic E-state index is 0.0151. The quantitative estimate of drug-likeness (QED) is 0.900. The fourth-order valence-corrected chi connectivity index (χ4v) is 2.01. The molecule has 0 saturated heterocycles. The molecule has 1 N–H and O–H groups in total. The van der Waals surface area contributed by atoms with Gasteiger partial charge in [0.25, 0.3) is 0 Å². The number of rotatable bonds is 5. The Balaban J connectivity index is 2.00. The number of carbonyl (C=O) groups is 1. The van der Waals surface area contributed by atoms with E-state index < -0.39 is 5.97 Å². The predicted octanol–water partition coefficient (Wildman–Crippen LogP) is 4.20. The number of benzene rings is 2. The van der Waals surface area contributed by atoms with E-state index in [1.807, 2.05) is 12.1 Å². The van der Waals surface area contributed by atoms with E-state index in [9.17, 15) is 4.79 Å². The molecule has 0 aliphatic rings. The van der Waals surface area contributed by atoms with Crippen LogP contribution in [0.3, 0.4) is 0 Å². The maximum Gasteiger partial charge on any atom is 0.307 e. The third-order valence-corrected chi connectivity index (χ3v) is 3.21. The van der Waals surface area contributed by atoms with Crippen molar-refractivity contribution in [3.8, 4) is 5.75 Å². The molecule has 0 aliphatic carbocycles. The molecule has 0 amide bonds. The SMILES string of the molecule is O=C(O)Cc1ccc(COc2cc(Cl)ccc2Cl)cc1. The van der Waals surface area contributed by atoms with Gasteiger partial charge >= 0.3 is 5.97 Å². The van der Waals surface area contributed by atoms with Crippen LogP contribution in [0.4, 0.5) is 0 Å². The van der Waals surface area contributed by atoms with Crippen LogP contribution in [-0.4, -0.2) is 11.1 Å². The topological polar surface area (TPSA) is 46.5 Å². The molecule has 2 rings (SSSR count). The molecule has 2 aromatic rings. The van der Waals surface area contributed by atoms with Gasteiger partial charge in [-0.15, -0.1) is 0 Å². The number of aliphatic carboxylic acids is 1. The van der Waals surface area contributed by atoms with Gasteiger partial charge in [-0.25, -0.2) is 0 Å². The zero-order valence-corrected chi connectivity index (χ0v) is 12.0. The van der Waals surface area contributed by atoms with Crippen LogP contribution in [-0.2, 0) is 17.8 Å². The van der Waals surface area contributed by atoms with E-state index in [2.05, 4.69) is 0 Å². The summed E-state index contributed by atoms with van der Waals surface area (Å²) in [5, 5.41) is 9.75. The molecular weight excluding hydrogens is 299 g/mol. The van der Waals surface area contributed by atoms with Gasteiger partial charge in [-0.1, -0.05) is 47.5 Å². The van der Waals surface area contributed by atoms with Crippen LogP contribution in [0, 0.1) is 0 Å². The smallest absolute Gasteiger partial charge is 0.307 e. The number of hydrogen-bond donors (Lipinski definition) is 1. The van der Waals surface area contributed by atoms with Gasteiger partial charge in [0, 0.05) is 11.1 Å². The number of hydrogen-bond acceptors (Lipinski definition) is 2. The van der Waals surface area contributed by atoms with Gasteiger partial charge in [0.15, 0.2) is 0 Å². The van der Waals surface area contributed by atoms with E-state index >= 15 is 0 Å². The maximum absolute atomic E-state index is 10.6. The summed E-state index contributed by atoms with van der Waals surface area (Å²) in [7, 11) is 0. The van der Waals surface area contributed by atoms with Gasteiger partial charge < -0.3 is 9.84 Å². The fourth-order valence-electron chi connectivity index (χ4n) is 1.68. The van der Waals surface area contributed by atoms with Gasteiger partial charge in [0.2, 0.25) is 0 Å². The highest BCUT2D eigenvalue weighted by Crippen LogP contribution is 2.28. The molecule has 3 nitrogen and oxygen atoms in total. The number of ether oxygens (including phenoxy) is 1. The maximum atomic E-state index is 10.6. The van der Waals surface area contributed by atoms with E-state index in [4.69, 9.17) is 33.0 Å². The summed E-state index contributed by atoms with van der Waals surface area (Å²) < 4.78 is 5.59. The van der Waals surface area contributed by atoms with Crippen molar-refractivity contribution in [1.82, 2.24) is 0 Å². The van der Waals surface area contributed by atoms with Crippen molar-refractivity contribution < 1.29 is 14.6 Å². The highest BCUT2D eigenvalue weighted by atomic mass is 35.5. The fraction of sp³-hybridized carbons (Fsp3) is 0.133. The molecule has 0 atom stereocenters. The molecule has 0 saturated carbocycles. The number of carboxylic acids is 1. The summed E-state index contributed by atoms with van der Waals surface area (Å²) in [5.41, 5.74) is 1.68. The highest BCUT2D eigenvalue weighted by Gasteiger charge is 2.04. The third-order valence-electron chi connectivity index (χ3n) is 2.67. The first-order valence-corrected chi connectivity index (χ1v) is 6.67. The summed E-state index contributed by atoms with van der Waals surface area (Å²) >= 11 is 11.9. The Morgan fingerprint density at radius 3 is 2.35 bits per heavy atom. The minimum Gasteiger partial charge on any atom is -0.487 e. The van der Waals surface area contributed by atoms with Crippen molar-refractivity contribution in [1.29, 1.82) is 0 Å². The highest BCUT2D eigenvalue weighted by molar-refractivity contribution is 6.34. The van der Waals surface area contributed by atoms with Gasteiger partial charge in [-0.3, -0.25) is 4.79 Å². The second-order valence-corrected chi connectivity index (χ2v) is 5.09. The Morgan fingerprint density at radius 2 is 1.70 bits per heavy atom. The average Bonchev–Trinajstić information content (AvgIpc) is 2.41. The summed E-state index contributed by atoms with van der Waals surface area (Å²) in [6.45, 7) is 0.341. The van der Waals surface area contributed by atoms with Crippen molar-refractivity contribution in [2.75, 3.05) is 0 Å². The Hall–Kier alpha value is -1.71. The van der Waals surface area contributed by atoms with Crippen LogP contribution in [0.2, 0.25) is 10.0 Å². The van der Waals surface area contributed by atoms with Crippen molar-refractivity contribution in [3.63, 3.8) is 0 Å². The molecule has 20 heavy (non-hydrogen) atoms. The monoisotopic (exact) mass is 310 g/mol. The second kappa shape index (κ2) is 6.64. The zero-order valence-electron chi connectivity index (χ0n) is 10.5. The van der Waals surface area contributed by atoms with E-state index in [0.717, 1.165) is 11.1 Å². The van der Waals surface area contributed by atoms with E-state index in [0.29, 0.717) is 22.4 Å². The van der Waals surface area contributed by atoms with Crippen LogP contribution in [0.25, 0.3) is 0 Å². The number of halogens is 2. The molecule has 0 radical (unpaired) electrons. The van der Waals surface area contributed by atoms with Crippen LogP contribution in [0.15, 0.2) is 42.5 Å². The van der Waals surface area contributed by atoms with E-state index in [1.54, 1.807) is 30.3 Å². The van der Waals surface area contributed by atoms with Gasteiger partial charge in [-0.2, -0.15) is 0 Å². The van der Waals surface area contributed by atoms with Crippen LogP contribution in [0.5, 0.6) is 5.75 Å². The molecule has 5 heteroatoms. The minimum atomic E-state index is -0.847. The third kappa shape index (κ3) is 4.15. The van der Waals surface area contributed by atoms with Crippen LogP contribution in [0.1, 0.15) is 11.1 Å². The molecular formula is C15H12Cl2O3. The molecule has 0 aromatic heterocycles.